The molecular formula is C15H16N2O3Se. The van der Waals surface area contributed by atoms with Crippen molar-refractivity contribution in [1.82, 2.24) is 9.19 Å². The second kappa shape index (κ2) is 4.49. The van der Waals surface area contributed by atoms with Crippen molar-refractivity contribution in [3.63, 3.8) is 0 Å². The molecule has 0 bridgehead atoms. The van der Waals surface area contributed by atoms with Crippen molar-refractivity contribution in [1.29, 1.82) is 0 Å². The van der Waals surface area contributed by atoms with Gasteiger partial charge in [0.05, 0.1) is 0 Å². The minimum absolute atomic E-state index is 0.0208. The van der Waals surface area contributed by atoms with Gasteiger partial charge in [0.25, 0.3) is 0 Å². The van der Waals surface area contributed by atoms with Crippen molar-refractivity contribution in [2.45, 2.75) is 38.4 Å². The molecule has 0 amide bonds. The molecule has 21 heavy (non-hydrogen) atoms. The Morgan fingerprint density at radius 2 is 2.10 bits per heavy atom. The van der Waals surface area contributed by atoms with Gasteiger partial charge in [-0.05, 0) is 0 Å². The molecule has 0 unspecified atom stereocenters. The normalized spacial score (nSPS) is 18.4. The van der Waals surface area contributed by atoms with Crippen LogP contribution >= 0.6 is 0 Å². The minimum atomic E-state index is -0.364. The summed E-state index contributed by atoms with van der Waals surface area (Å²) in [5.74, 6) is 2.27. The van der Waals surface area contributed by atoms with Crippen LogP contribution in [0.1, 0.15) is 31.1 Å². The van der Waals surface area contributed by atoms with Gasteiger partial charge in [-0.15, -0.1) is 0 Å². The van der Waals surface area contributed by atoms with Crippen LogP contribution in [0.3, 0.4) is 0 Å². The molecule has 2 heterocycles. The van der Waals surface area contributed by atoms with Gasteiger partial charge in [-0.2, -0.15) is 0 Å². The molecule has 0 radical (unpaired) electrons. The molecule has 2 aliphatic rings. The molecular weight excluding hydrogens is 335 g/mol. The van der Waals surface area contributed by atoms with Crippen molar-refractivity contribution in [3.8, 4) is 28.5 Å². The van der Waals surface area contributed by atoms with E-state index >= 15 is 0 Å². The molecule has 6 heteroatoms. The van der Waals surface area contributed by atoms with Crippen LogP contribution in [0.5, 0.6) is 17.2 Å². The van der Waals surface area contributed by atoms with Gasteiger partial charge < -0.3 is 0 Å². The topological polar surface area (TPSA) is 53.5 Å². The summed E-state index contributed by atoms with van der Waals surface area (Å²) >= 11 is 0.0208. The Bertz CT molecular complexity index is 707. The first-order valence-corrected chi connectivity index (χ1v) is 8.61. The van der Waals surface area contributed by atoms with E-state index < -0.39 is 0 Å². The van der Waals surface area contributed by atoms with E-state index in [1.165, 1.54) is 4.44 Å². The third-order valence-corrected chi connectivity index (χ3v) is 5.90. The van der Waals surface area contributed by atoms with Crippen molar-refractivity contribution >= 4 is 14.7 Å². The molecule has 5 nitrogen and oxygen atoms in total. The summed E-state index contributed by atoms with van der Waals surface area (Å²) in [4.78, 5) is 0. The zero-order valence-corrected chi connectivity index (χ0v) is 13.9. The van der Waals surface area contributed by atoms with Crippen LogP contribution in [0, 0.1) is 0 Å². The molecule has 4 rings (SSSR count). The molecule has 1 fully saturated rings. The summed E-state index contributed by atoms with van der Waals surface area (Å²) in [7, 11) is 1.66. The van der Waals surface area contributed by atoms with Crippen LogP contribution in [0.25, 0.3) is 11.3 Å². The number of methoxy groups -OCH3 is 1. The summed E-state index contributed by atoms with van der Waals surface area (Å²) in [6, 6.07) is 3.89. The summed E-state index contributed by atoms with van der Waals surface area (Å²) in [6.45, 7) is 4.13. The SMILES string of the molecule is COc1cc2c(cc1OC1CC1)OC(C)(C)c1[se]nnc1-2. The van der Waals surface area contributed by atoms with Gasteiger partial charge in [0.2, 0.25) is 0 Å². The Balaban J connectivity index is 1.86. The van der Waals surface area contributed by atoms with E-state index in [0.29, 0.717) is 6.10 Å². The predicted octanol–water partition coefficient (Wildman–Crippen LogP) is 2.38. The maximum absolute atomic E-state index is 6.18. The maximum atomic E-state index is 6.18. The van der Waals surface area contributed by atoms with E-state index in [-0.39, 0.29) is 20.3 Å². The molecule has 0 atom stereocenters. The first kappa shape index (κ1) is 13.2. The van der Waals surface area contributed by atoms with Gasteiger partial charge in [-0.25, -0.2) is 0 Å². The molecule has 2 aromatic rings. The molecule has 0 spiro atoms. The molecule has 110 valence electrons. The molecule has 1 aliphatic carbocycles. The van der Waals surface area contributed by atoms with Crippen LogP contribution in [0.15, 0.2) is 12.1 Å². The zero-order valence-electron chi connectivity index (χ0n) is 12.2. The second-order valence-electron chi connectivity index (χ2n) is 5.88. The van der Waals surface area contributed by atoms with E-state index in [1.54, 1.807) is 7.11 Å². The fourth-order valence-corrected chi connectivity index (χ4v) is 3.99. The number of rotatable bonds is 3. The Kier molecular flexibility index (Phi) is 2.81. The van der Waals surface area contributed by atoms with Gasteiger partial charge in [-0.1, -0.05) is 0 Å². The number of ether oxygens (including phenoxy) is 3. The third kappa shape index (κ3) is 2.14. The predicted molar refractivity (Wildman–Crippen MR) is 78.3 cm³/mol. The van der Waals surface area contributed by atoms with Crippen LogP contribution in [0.2, 0.25) is 0 Å². The Hall–Kier alpha value is -1.52. The zero-order chi connectivity index (χ0) is 14.6. The first-order valence-electron chi connectivity index (χ1n) is 6.99. The number of hydrogen-bond acceptors (Lipinski definition) is 5. The van der Waals surface area contributed by atoms with Crippen LogP contribution in [-0.2, 0) is 5.60 Å². The average Bonchev–Trinajstić information content (AvgIpc) is 3.10. The van der Waals surface area contributed by atoms with Gasteiger partial charge in [0, 0.05) is 0 Å². The first-order chi connectivity index (χ1) is 10.1. The molecule has 1 saturated carbocycles. The van der Waals surface area contributed by atoms with E-state index in [4.69, 9.17) is 14.2 Å². The Morgan fingerprint density at radius 1 is 1.29 bits per heavy atom. The van der Waals surface area contributed by atoms with E-state index in [0.717, 1.165) is 41.3 Å². The van der Waals surface area contributed by atoms with Gasteiger partial charge in [0.15, 0.2) is 0 Å². The molecule has 1 aliphatic heterocycles. The van der Waals surface area contributed by atoms with Crippen molar-refractivity contribution < 1.29 is 14.2 Å². The molecule has 0 saturated heterocycles. The van der Waals surface area contributed by atoms with Gasteiger partial charge >= 0.3 is 129 Å². The van der Waals surface area contributed by atoms with E-state index in [2.05, 4.69) is 23.0 Å². The quantitative estimate of drug-likeness (QED) is 0.795. The molecule has 1 aromatic carbocycles. The summed E-state index contributed by atoms with van der Waals surface area (Å²) in [6.07, 6.45) is 2.54. The fourth-order valence-electron chi connectivity index (χ4n) is 2.51. The van der Waals surface area contributed by atoms with Gasteiger partial charge in [-0.3, -0.25) is 0 Å². The molecule has 1 aromatic heterocycles. The third-order valence-electron chi connectivity index (χ3n) is 3.74. The summed E-state index contributed by atoms with van der Waals surface area (Å²) < 4.78 is 23.0. The van der Waals surface area contributed by atoms with Crippen molar-refractivity contribution in [2.24, 2.45) is 0 Å². The average molecular weight is 351 g/mol. The number of nitrogens with zero attached hydrogens (tertiary/aromatic N) is 2. The monoisotopic (exact) mass is 352 g/mol. The summed E-state index contributed by atoms with van der Waals surface area (Å²) in [5.41, 5.74) is 1.53. The van der Waals surface area contributed by atoms with Crippen LogP contribution in [-0.4, -0.2) is 37.1 Å². The Labute approximate surface area is 129 Å². The van der Waals surface area contributed by atoms with Gasteiger partial charge in [0.1, 0.15) is 0 Å². The van der Waals surface area contributed by atoms with Crippen molar-refractivity contribution in [3.05, 3.63) is 16.6 Å². The Morgan fingerprint density at radius 3 is 2.81 bits per heavy atom. The molecule has 0 N–H and O–H groups in total. The second-order valence-corrected chi connectivity index (χ2v) is 7.46. The van der Waals surface area contributed by atoms with Crippen LogP contribution in [0.4, 0.5) is 0 Å². The summed E-state index contributed by atoms with van der Waals surface area (Å²) in [5, 5.41) is 4.33. The van der Waals surface area contributed by atoms with Crippen molar-refractivity contribution in [2.75, 3.05) is 7.11 Å². The van der Waals surface area contributed by atoms with E-state index in [1.807, 2.05) is 12.1 Å². The fraction of sp³-hybridized carbons (Fsp3) is 0.467. The number of hydrogen-bond donors (Lipinski definition) is 0. The standard InChI is InChI=1S/C15H16N2O3Se/c1-15(2)14-13(16-17-21-14)9-6-11(18-3)12(7-10(9)20-15)19-8-4-5-8/h6-8H,4-5H2,1-3H3. The van der Waals surface area contributed by atoms with E-state index in [9.17, 15) is 0 Å². The number of aromatic nitrogens is 2. The number of benzene rings is 1. The van der Waals surface area contributed by atoms with Crippen LogP contribution < -0.4 is 14.2 Å². The number of fused-ring (bicyclic) bond motifs is 3.